The molecule has 0 saturated heterocycles. The summed E-state index contributed by atoms with van der Waals surface area (Å²) in [6.45, 7) is 0. The molecule has 164 valence electrons. The van der Waals surface area contributed by atoms with Crippen molar-refractivity contribution >= 4 is 33.2 Å². The number of nitrogens with one attached hydrogen (secondary N) is 1. The van der Waals surface area contributed by atoms with Crippen LogP contribution in [-0.4, -0.2) is 34.8 Å². The average molecular weight is 470 g/mol. The molecule has 1 amide bonds. The van der Waals surface area contributed by atoms with Crippen LogP contribution in [-0.2, 0) is 33.6 Å². The van der Waals surface area contributed by atoms with Gasteiger partial charge >= 0.3 is 6.18 Å². The summed E-state index contributed by atoms with van der Waals surface area (Å²) in [5.74, 6) is -0.846. The zero-order chi connectivity index (χ0) is 22.6. The van der Waals surface area contributed by atoms with Crippen molar-refractivity contribution in [2.75, 3.05) is 11.1 Å². The molecule has 0 aliphatic carbocycles. The summed E-state index contributed by atoms with van der Waals surface area (Å²) in [5, 5.41) is 10.5. The second kappa shape index (κ2) is 9.10. The van der Waals surface area contributed by atoms with Crippen molar-refractivity contribution in [2.45, 2.75) is 22.0 Å². The highest BCUT2D eigenvalue weighted by atomic mass is 32.2. The van der Waals surface area contributed by atoms with Gasteiger partial charge in [0.05, 0.1) is 16.2 Å². The van der Waals surface area contributed by atoms with Crippen molar-refractivity contribution in [2.24, 2.45) is 7.05 Å². The number of carbonyl (C=O) groups excluding carboxylic acids is 1. The molecule has 0 saturated carbocycles. The topological polar surface area (TPSA) is 93.9 Å². The van der Waals surface area contributed by atoms with Crippen LogP contribution in [0.4, 0.5) is 18.9 Å². The number of benzene rings is 2. The van der Waals surface area contributed by atoms with E-state index in [1.807, 2.05) is 0 Å². The SMILES string of the molecule is Cn1c(CS(=O)(=O)c2ccccc2)nnc1SCC(=O)Nc1cccc(C(F)(F)F)c1. The van der Waals surface area contributed by atoms with Gasteiger partial charge in [-0.2, -0.15) is 13.2 Å². The zero-order valence-corrected chi connectivity index (χ0v) is 17.8. The predicted octanol–water partition coefficient (Wildman–Crippen LogP) is 3.54. The number of halogens is 3. The molecule has 0 aliphatic rings. The van der Waals surface area contributed by atoms with Gasteiger partial charge in [-0.3, -0.25) is 4.79 Å². The summed E-state index contributed by atoms with van der Waals surface area (Å²) < 4.78 is 64.8. The van der Waals surface area contributed by atoms with E-state index in [-0.39, 0.29) is 27.9 Å². The van der Waals surface area contributed by atoms with E-state index in [2.05, 4.69) is 15.5 Å². The minimum atomic E-state index is -4.51. The Labute approximate surface area is 180 Å². The fourth-order valence-electron chi connectivity index (χ4n) is 2.58. The number of rotatable bonds is 7. The largest absolute Gasteiger partial charge is 0.416 e. The zero-order valence-electron chi connectivity index (χ0n) is 16.1. The van der Waals surface area contributed by atoms with Crippen LogP contribution in [0.2, 0.25) is 0 Å². The monoisotopic (exact) mass is 470 g/mol. The van der Waals surface area contributed by atoms with Crippen molar-refractivity contribution < 1.29 is 26.4 Å². The molecule has 0 fully saturated rings. The second-order valence-electron chi connectivity index (χ2n) is 6.45. The lowest BCUT2D eigenvalue weighted by Gasteiger charge is -2.10. The summed E-state index contributed by atoms with van der Waals surface area (Å²) in [4.78, 5) is 12.3. The van der Waals surface area contributed by atoms with E-state index in [0.29, 0.717) is 5.16 Å². The average Bonchev–Trinajstić information content (AvgIpc) is 3.05. The van der Waals surface area contributed by atoms with E-state index < -0.39 is 27.5 Å². The predicted molar refractivity (Wildman–Crippen MR) is 109 cm³/mol. The minimum Gasteiger partial charge on any atom is -0.325 e. The molecule has 1 aromatic heterocycles. The summed E-state index contributed by atoms with van der Waals surface area (Å²) in [6, 6.07) is 12.2. The first kappa shape index (κ1) is 22.8. The quantitative estimate of drug-likeness (QED) is 0.531. The molecule has 1 heterocycles. The van der Waals surface area contributed by atoms with Crippen LogP contribution in [0.15, 0.2) is 64.6 Å². The van der Waals surface area contributed by atoms with Crippen molar-refractivity contribution in [3.05, 3.63) is 66.0 Å². The molecule has 0 bridgehead atoms. The second-order valence-corrected chi connectivity index (χ2v) is 9.38. The molecule has 7 nitrogen and oxygen atoms in total. The van der Waals surface area contributed by atoms with Crippen molar-refractivity contribution in [1.82, 2.24) is 14.8 Å². The number of sulfone groups is 1. The maximum absolute atomic E-state index is 12.8. The molecule has 0 spiro atoms. The standard InChI is InChI=1S/C19H17F3N4O3S2/c1-26-16(12-31(28,29)15-8-3-2-4-9-15)24-25-18(26)30-11-17(27)23-14-7-5-6-13(10-14)19(20,21)22/h2-10H,11-12H2,1H3,(H,23,27). The highest BCUT2D eigenvalue weighted by molar-refractivity contribution is 7.99. The van der Waals surface area contributed by atoms with Crippen LogP contribution in [0.3, 0.4) is 0 Å². The molecule has 0 radical (unpaired) electrons. The van der Waals surface area contributed by atoms with E-state index >= 15 is 0 Å². The highest BCUT2D eigenvalue weighted by Gasteiger charge is 2.30. The Morgan fingerprint density at radius 2 is 1.81 bits per heavy atom. The first-order chi connectivity index (χ1) is 14.6. The van der Waals surface area contributed by atoms with Crippen LogP contribution in [0.1, 0.15) is 11.4 Å². The van der Waals surface area contributed by atoms with E-state index in [9.17, 15) is 26.4 Å². The molecule has 0 aliphatic heterocycles. The van der Waals surface area contributed by atoms with Gasteiger partial charge in [-0.15, -0.1) is 10.2 Å². The Kier molecular flexibility index (Phi) is 6.70. The number of alkyl halides is 3. The highest BCUT2D eigenvalue weighted by Crippen LogP contribution is 2.30. The summed E-state index contributed by atoms with van der Waals surface area (Å²) in [7, 11) is -2.04. The molecule has 2 aromatic carbocycles. The van der Waals surface area contributed by atoms with E-state index in [1.54, 1.807) is 25.2 Å². The van der Waals surface area contributed by atoms with Crippen LogP contribution < -0.4 is 5.32 Å². The third-order valence-corrected chi connectivity index (χ3v) is 6.80. The number of hydrogen-bond donors (Lipinski definition) is 1. The van der Waals surface area contributed by atoms with Gasteiger partial charge in [0, 0.05) is 12.7 Å². The molecular formula is C19H17F3N4O3S2. The number of amides is 1. The first-order valence-corrected chi connectivity index (χ1v) is 11.5. The molecule has 3 aromatic rings. The van der Waals surface area contributed by atoms with Crippen LogP contribution in [0, 0.1) is 0 Å². The third kappa shape index (κ3) is 5.85. The Morgan fingerprint density at radius 1 is 1.10 bits per heavy atom. The Hall–Kier alpha value is -2.86. The summed E-state index contributed by atoms with van der Waals surface area (Å²) >= 11 is 0.987. The number of carbonyl (C=O) groups is 1. The maximum atomic E-state index is 12.8. The Morgan fingerprint density at radius 3 is 2.48 bits per heavy atom. The van der Waals surface area contributed by atoms with Gasteiger partial charge in [0.1, 0.15) is 11.6 Å². The number of anilines is 1. The van der Waals surface area contributed by atoms with Crippen LogP contribution in [0.5, 0.6) is 0 Å². The molecule has 0 atom stereocenters. The van der Waals surface area contributed by atoms with Gasteiger partial charge in [0.2, 0.25) is 5.91 Å². The third-order valence-electron chi connectivity index (χ3n) is 4.15. The first-order valence-electron chi connectivity index (χ1n) is 8.82. The van der Waals surface area contributed by atoms with Crippen molar-refractivity contribution in [3.63, 3.8) is 0 Å². The smallest absolute Gasteiger partial charge is 0.325 e. The number of thioether (sulfide) groups is 1. The van der Waals surface area contributed by atoms with Crippen LogP contribution in [0.25, 0.3) is 0 Å². The lowest BCUT2D eigenvalue weighted by atomic mass is 10.2. The number of nitrogens with zero attached hydrogens (tertiary/aromatic N) is 3. The Bertz CT molecular complexity index is 1180. The molecule has 12 heteroatoms. The van der Waals surface area contributed by atoms with Gasteiger partial charge < -0.3 is 9.88 Å². The minimum absolute atomic E-state index is 0.0213. The molecule has 3 rings (SSSR count). The normalized spacial score (nSPS) is 12.0. The van der Waals surface area contributed by atoms with Gasteiger partial charge in [0.15, 0.2) is 15.0 Å². The van der Waals surface area contributed by atoms with Gasteiger partial charge in [-0.1, -0.05) is 36.0 Å². The maximum Gasteiger partial charge on any atom is 0.416 e. The van der Waals surface area contributed by atoms with Crippen LogP contribution >= 0.6 is 11.8 Å². The molecule has 1 N–H and O–H groups in total. The summed E-state index contributed by atoms with van der Waals surface area (Å²) in [5.41, 5.74) is -0.844. The van der Waals surface area contributed by atoms with Gasteiger partial charge in [-0.25, -0.2) is 8.42 Å². The Balaban J connectivity index is 1.62. The lowest BCUT2D eigenvalue weighted by molar-refractivity contribution is -0.137. The van der Waals surface area contributed by atoms with E-state index in [4.69, 9.17) is 0 Å². The van der Waals surface area contributed by atoms with E-state index in [1.165, 1.54) is 28.8 Å². The molecular weight excluding hydrogens is 453 g/mol. The fourth-order valence-corrected chi connectivity index (χ4v) is 4.64. The fraction of sp³-hybridized carbons (Fsp3) is 0.211. The van der Waals surface area contributed by atoms with Crippen molar-refractivity contribution in [1.29, 1.82) is 0 Å². The number of hydrogen-bond acceptors (Lipinski definition) is 6. The number of aromatic nitrogens is 3. The van der Waals surface area contributed by atoms with Gasteiger partial charge in [-0.05, 0) is 30.3 Å². The molecule has 31 heavy (non-hydrogen) atoms. The lowest BCUT2D eigenvalue weighted by Crippen LogP contribution is -2.15. The van der Waals surface area contributed by atoms with Crippen molar-refractivity contribution in [3.8, 4) is 0 Å². The van der Waals surface area contributed by atoms with Gasteiger partial charge in [0.25, 0.3) is 0 Å². The van der Waals surface area contributed by atoms with E-state index in [0.717, 1.165) is 23.9 Å². The molecule has 0 unspecified atom stereocenters. The summed E-state index contributed by atoms with van der Waals surface area (Å²) in [6.07, 6.45) is -4.51.